The summed E-state index contributed by atoms with van der Waals surface area (Å²) in [6.45, 7) is 1.61. The van der Waals surface area contributed by atoms with Crippen LogP contribution in [-0.4, -0.2) is 29.3 Å². The Kier molecular flexibility index (Phi) is 4.99. The van der Waals surface area contributed by atoms with Crippen LogP contribution in [0.2, 0.25) is 0 Å². The van der Waals surface area contributed by atoms with Gasteiger partial charge < -0.3 is 17.2 Å². The lowest BCUT2D eigenvalue weighted by molar-refractivity contribution is 0.598. The molecular weight excluding hydrogens is 368 g/mol. The minimum atomic E-state index is -3.98. The second-order valence-electron chi connectivity index (χ2n) is 4.75. The monoisotopic (exact) mass is 382 g/mol. The molecule has 1 aromatic heterocycles. The third-order valence-corrected chi connectivity index (χ3v) is 4.39. The number of aromatic amines is 1. The summed E-state index contributed by atoms with van der Waals surface area (Å²) in [5, 5.41) is 10.2. The van der Waals surface area contributed by atoms with Crippen molar-refractivity contribution in [2.75, 3.05) is 0 Å². The molecule has 2 rings (SSSR count). The number of nitrogens with one attached hydrogen (secondary N) is 1. The molecule has 1 aromatic carbocycles. The molecule has 0 saturated carbocycles. The smallest absolute Gasteiger partial charge is 0.301 e. The Hall–Kier alpha value is -3.06. The van der Waals surface area contributed by atoms with Crippen LogP contribution < -0.4 is 22.8 Å². The van der Waals surface area contributed by atoms with E-state index < -0.39 is 21.5 Å². The van der Waals surface area contributed by atoms with Crippen molar-refractivity contribution in [2.24, 2.45) is 31.8 Å². The molecule has 0 unspecified atom stereocenters. The van der Waals surface area contributed by atoms with Gasteiger partial charge in [0.1, 0.15) is 0 Å². The molecule has 7 N–H and O–H groups in total. The molecule has 0 saturated heterocycles. The van der Waals surface area contributed by atoms with Gasteiger partial charge in [-0.25, -0.2) is 0 Å². The second kappa shape index (κ2) is 6.82. The first-order chi connectivity index (χ1) is 11.6. The van der Waals surface area contributed by atoms with Gasteiger partial charge in [0.2, 0.25) is 5.96 Å². The minimum absolute atomic E-state index is 0.0324. The van der Waals surface area contributed by atoms with E-state index in [4.69, 9.17) is 29.4 Å². The van der Waals surface area contributed by atoms with E-state index in [0.717, 1.165) is 4.68 Å². The number of azo groups is 1. The number of rotatable bonds is 4. The molecule has 25 heavy (non-hydrogen) atoms. The topological polar surface area (TPSA) is 187 Å². The van der Waals surface area contributed by atoms with Gasteiger partial charge in [-0.1, -0.05) is 0 Å². The Morgan fingerprint density at radius 2 is 1.76 bits per heavy atom. The summed E-state index contributed by atoms with van der Waals surface area (Å²) in [5.41, 5.74) is 15.8. The molecule has 0 aliphatic carbocycles. The van der Waals surface area contributed by atoms with Crippen molar-refractivity contribution >= 4 is 44.7 Å². The molecule has 0 amide bonds. The van der Waals surface area contributed by atoms with Crippen molar-refractivity contribution in [3.63, 3.8) is 0 Å². The standard InChI is InChI=1S/C12H14N8O3S2/c1-6-9(10(21)20(18-6)12(15)24)17-16-7-2-4-8(5-3-7)25(22,23)19-11(13)14/h2-5,18H,1H3,(H2,15,24)(H4,13,14,19). The van der Waals surface area contributed by atoms with Crippen molar-refractivity contribution in [1.82, 2.24) is 9.78 Å². The number of aryl methyl sites for hydroxylation is 1. The zero-order valence-electron chi connectivity index (χ0n) is 12.9. The summed E-state index contributed by atoms with van der Waals surface area (Å²) < 4.78 is 27.8. The maximum Gasteiger partial charge on any atom is 0.301 e. The number of H-pyrrole nitrogens is 1. The maximum absolute atomic E-state index is 12.0. The number of benzene rings is 1. The quantitative estimate of drug-likeness (QED) is 0.247. The van der Waals surface area contributed by atoms with Crippen LogP contribution in [0.25, 0.3) is 0 Å². The molecule has 0 radical (unpaired) electrons. The lowest BCUT2D eigenvalue weighted by atomic mass is 10.3. The number of nitrogens with zero attached hydrogens (tertiary/aromatic N) is 4. The first-order valence-corrected chi connectivity index (χ1v) is 8.46. The van der Waals surface area contributed by atoms with Gasteiger partial charge in [0.25, 0.3) is 10.0 Å². The fourth-order valence-corrected chi connectivity index (χ4v) is 2.79. The first-order valence-electron chi connectivity index (χ1n) is 6.61. The molecule has 0 atom stereocenters. The Morgan fingerprint density at radius 1 is 1.16 bits per heavy atom. The molecule has 0 bridgehead atoms. The highest BCUT2D eigenvalue weighted by atomic mass is 32.2. The Morgan fingerprint density at radius 3 is 2.24 bits per heavy atom. The molecule has 132 valence electrons. The van der Waals surface area contributed by atoms with Crippen LogP contribution in [-0.2, 0) is 10.0 Å². The van der Waals surface area contributed by atoms with Gasteiger partial charge in [0.05, 0.1) is 16.3 Å². The van der Waals surface area contributed by atoms with E-state index in [2.05, 4.69) is 19.7 Å². The number of hydrogen-bond acceptors (Lipinski definition) is 6. The molecule has 0 aliphatic rings. The molecule has 13 heteroatoms. The van der Waals surface area contributed by atoms with Gasteiger partial charge in [-0.3, -0.25) is 9.89 Å². The summed E-state index contributed by atoms with van der Waals surface area (Å²) in [6, 6.07) is 5.28. The average molecular weight is 382 g/mol. The van der Waals surface area contributed by atoms with Crippen molar-refractivity contribution < 1.29 is 8.42 Å². The molecular formula is C12H14N8O3S2. The molecule has 0 aliphatic heterocycles. The number of hydrogen-bond donors (Lipinski definition) is 4. The van der Waals surface area contributed by atoms with Crippen LogP contribution in [0.15, 0.2) is 48.6 Å². The zero-order valence-corrected chi connectivity index (χ0v) is 14.5. The van der Waals surface area contributed by atoms with E-state index in [1.165, 1.54) is 24.3 Å². The van der Waals surface area contributed by atoms with Crippen molar-refractivity contribution in [1.29, 1.82) is 0 Å². The normalized spacial score (nSPS) is 11.6. The predicted molar refractivity (Wildman–Crippen MR) is 95.6 cm³/mol. The van der Waals surface area contributed by atoms with E-state index in [1.807, 2.05) is 0 Å². The largest absolute Gasteiger partial charge is 0.374 e. The van der Waals surface area contributed by atoms with Crippen LogP contribution in [0.1, 0.15) is 5.69 Å². The first kappa shape index (κ1) is 18.3. The van der Waals surface area contributed by atoms with Crippen LogP contribution in [0.4, 0.5) is 11.4 Å². The second-order valence-corrected chi connectivity index (χ2v) is 6.77. The third kappa shape index (κ3) is 4.07. The van der Waals surface area contributed by atoms with Gasteiger partial charge in [-0.05, 0) is 43.4 Å². The number of aromatic nitrogens is 2. The van der Waals surface area contributed by atoms with Crippen molar-refractivity contribution in [3.05, 3.63) is 40.3 Å². The highest BCUT2D eigenvalue weighted by molar-refractivity contribution is 7.90. The van der Waals surface area contributed by atoms with Crippen LogP contribution >= 0.6 is 12.2 Å². The Labute approximate surface area is 147 Å². The third-order valence-electron chi connectivity index (χ3n) is 2.89. The van der Waals surface area contributed by atoms with E-state index >= 15 is 0 Å². The summed E-state index contributed by atoms with van der Waals surface area (Å²) in [7, 11) is -3.98. The molecule has 0 fully saturated rings. The Balaban J connectivity index is 2.31. The molecule has 1 heterocycles. The average Bonchev–Trinajstić information content (AvgIpc) is 2.79. The van der Waals surface area contributed by atoms with Gasteiger partial charge >= 0.3 is 5.56 Å². The summed E-state index contributed by atoms with van der Waals surface area (Å²) in [6.07, 6.45) is 0. The molecule has 11 nitrogen and oxygen atoms in total. The van der Waals surface area contributed by atoms with Crippen LogP contribution in [0, 0.1) is 6.92 Å². The van der Waals surface area contributed by atoms with Gasteiger partial charge in [-0.15, -0.1) is 9.51 Å². The van der Waals surface area contributed by atoms with Gasteiger partial charge in [-0.2, -0.15) is 18.2 Å². The minimum Gasteiger partial charge on any atom is -0.374 e. The molecule has 2 aromatic rings. The highest BCUT2D eigenvalue weighted by Crippen LogP contribution is 2.20. The number of sulfonamides is 1. The summed E-state index contributed by atoms with van der Waals surface area (Å²) in [4.78, 5) is 11.9. The van der Waals surface area contributed by atoms with Crippen molar-refractivity contribution in [3.8, 4) is 0 Å². The van der Waals surface area contributed by atoms with Crippen LogP contribution in [0.5, 0.6) is 0 Å². The summed E-state index contributed by atoms with van der Waals surface area (Å²) in [5.74, 6) is -0.569. The van der Waals surface area contributed by atoms with E-state index in [-0.39, 0.29) is 15.7 Å². The van der Waals surface area contributed by atoms with Gasteiger partial charge in [0.15, 0.2) is 10.8 Å². The van der Waals surface area contributed by atoms with E-state index in [9.17, 15) is 13.2 Å². The fourth-order valence-electron chi connectivity index (χ4n) is 1.79. The zero-order chi connectivity index (χ0) is 18.8. The lowest BCUT2D eigenvalue weighted by Crippen LogP contribution is -2.29. The summed E-state index contributed by atoms with van der Waals surface area (Å²) >= 11 is 4.73. The lowest BCUT2D eigenvalue weighted by Gasteiger charge is -1.99. The highest BCUT2D eigenvalue weighted by Gasteiger charge is 2.14. The fraction of sp³-hybridized carbons (Fsp3) is 0.0833. The van der Waals surface area contributed by atoms with Crippen molar-refractivity contribution in [2.45, 2.75) is 11.8 Å². The number of guanidine groups is 1. The number of thiocarbonyl (C=S) groups is 1. The predicted octanol–water partition coefficient (Wildman–Crippen LogP) is -0.0460. The van der Waals surface area contributed by atoms with E-state index in [1.54, 1.807) is 6.92 Å². The Bertz CT molecular complexity index is 1030. The van der Waals surface area contributed by atoms with E-state index in [0.29, 0.717) is 11.4 Å². The SMILES string of the molecule is Cc1[nH]n(C(N)=S)c(=O)c1N=Nc1ccc(S(=O)(=O)N=C(N)N)cc1. The van der Waals surface area contributed by atoms with Crippen LogP contribution in [0.3, 0.4) is 0 Å². The molecule has 0 spiro atoms. The van der Waals surface area contributed by atoms with Gasteiger partial charge in [0, 0.05) is 0 Å². The maximum atomic E-state index is 12.0. The number of nitrogens with two attached hydrogens (primary N) is 3.